The Kier molecular flexibility index (Phi) is 3.02. The Bertz CT molecular complexity index is 953. The van der Waals surface area contributed by atoms with Crippen LogP contribution in [-0.4, -0.2) is 4.92 Å². The number of hydrogen-bond donors (Lipinski definition) is 0. The van der Waals surface area contributed by atoms with E-state index in [1.807, 2.05) is 0 Å². The van der Waals surface area contributed by atoms with E-state index in [0.29, 0.717) is 27.5 Å². The maximum Gasteiger partial charge on any atom is 0.243 e. The van der Waals surface area contributed by atoms with Gasteiger partial charge in [0.1, 0.15) is 11.2 Å². The zero-order valence-corrected chi connectivity index (χ0v) is 11.2. The van der Waals surface area contributed by atoms with Crippen LogP contribution in [0.4, 0.5) is 0 Å². The lowest BCUT2D eigenvalue weighted by atomic mass is 10.1. The summed E-state index contributed by atoms with van der Waals surface area (Å²) in [7, 11) is 0. The summed E-state index contributed by atoms with van der Waals surface area (Å²) in [6, 6.07) is 12.0. The zero-order chi connectivity index (χ0) is 15.0. The van der Waals surface area contributed by atoms with Crippen molar-refractivity contribution < 1.29 is 9.34 Å². The third-order valence-corrected chi connectivity index (χ3v) is 3.29. The van der Waals surface area contributed by atoms with Crippen LogP contribution in [0.25, 0.3) is 28.0 Å². The Balaban J connectivity index is 2.41. The first kappa shape index (κ1) is 13.1. The molecule has 2 aromatic carbocycles. The highest BCUT2D eigenvalue weighted by molar-refractivity contribution is 5.93. The minimum atomic E-state index is -0.474. The number of fused-ring (bicyclic) bond motifs is 2. The Morgan fingerprint density at radius 3 is 2.62 bits per heavy atom. The van der Waals surface area contributed by atoms with Crippen LogP contribution in [0.15, 0.2) is 57.4 Å². The molecule has 0 N–H and O–H groups in total. The van der Waals surface area contributed by atoms with Gasteiger partial charge in [0.2, 0.25) is 11.1 Å². The van der Waals surface area contributed by atoms with E-state index >= 15 is 0 Å². The van der Waals surface area contributed by atoms with Crippen LogP contribution >= 0.6 is 0 Å². The van der Waals surface area contributed by atoms with E-state index in [-0.39, 0.29) is 11.1 Å². The average molecular weight is 281 g/mol. The first-order chi connectivity index (χ1) is 10.1. The van der Waals surface area contributed by atoms with Crippen molar-refractivity contribution in [3.05, 3.63) is 74.1 Å². The summed E-state index contributed by atoms with van der Waals surface area (Å²) in [4.78, 5) is 22.7. The SMILES string of the molecule is C/C(=C/c1cccc2c(=O)c3ccccc3oc12)[N+](=O)[O-]. The van der Waals surface area contributed by atoms with Crippen LogP contribution < -0.4 is 5.43 Å². The van der Waals surface area contributed by atoms with E-state index < -0.39 is 4.92 Å². The maximum absolute atomic E-state index is 12.4. The fourth-order valence-electron chi connectivity index (χ4n) is 2.24. The van der Waals surface area contributed by atoms with Gasteiger partial charge in [-0.05, 0) is 18.2 Å². The van der Waals surface area contributed by atoms with E-state index in [9.17, 15) is 14.9 Å². The molecule has 0 aliphatic rings. The molecule has 0 fully saturated rings. The summed E-state index contributed by atoms with van der Waals surface area (Å²) in [6.45, 7) is 1.40. The molecule has 0 spiro atoms. The van der Waals surface area contributed by atoms with Crippen molar-refractivity contribution >= 4 is 28.0 Å². The normalized spacial score (nSPS) is 12.0. The molecule has 1 heterocycles. The van der Waals surface area contributed by atoms with Gasteiger partial charge in [0.05, 0.1) is 15.7 Å². The standard InChI is InChI=1S/C16H11NO4/c1-10(17(19)20)9-11-5-4-7-13-15(18)12-6-2-3-8-14(12)21-16(11)13/h2-9H,1H3/b10-9-. The predicted molar refractivity (Wildman–Crippen MR) is 80.6 cm³/mol. The van der Waals surface area contributed by atoms with Crippen molar-refractivity contribution in [1.82, 2.24) is 0 Å². The van der Waals surface area contributed by atoms with Crippen LogP contribution in [0.2, 0.25) is 0 Å². The molecule has 5 heteroatoms. The first-order valence-electron chi connectivity index (χ1n) is 6.35. The fraction of sp³-hybridized carbons (Fsp3) is 0.0625. The van der Waals surface area contributed by atoms with Gasteiger partial charge < -0.3 is 4.42 Å². The highest BCUT2D eigenvalue weighted by atomic mass is 16.6. The van der Waals surface area contributed by atoms with Crippen LogP contribution in [0.1, 0.15) is 12.5 Å². The van der Waals surface area contributed by atoms with E-state index in [0.717, 1.165) is 0 Å². The lowest BCUT2D eigenvalue weighted by Gasteiger charge is -2.03. The maximum atomic E-state index is 12.4. The quantitative estimate of drug-likeness (QED) is 0.409. The fourth-order valence-corrected chi connectivity index (χ4v) is 2.24. The third kappa shape index (κ3) is 2.18. The number of nitro groups is 1. The lowest BCUT2D eigenvalue weighted by molar-refractivity contribution is -0.422. The molecule has 0 radical (unpaired) electrons. The smallest absolute Gasteiger partial charge is 0.243 e. The van der Waals surface area contributed by atoms with Gasteiger partial charge in [0.15, 0.2) is 0 Å². The number of nitrogens with zero attached hydrogens (tertiary/aromatic N) is 1. The van der Waals surface area contributed by atoms with Crippen LogP contribution in [0, 0.1) is 10.1 Å². The summed E-state index contributed by atoms with van der Waals surface area (Å²) in [5.41, 5.74) is 1.20. The summed E-state index contributed by atoms with van der Waals surface area (Å²) in [5, 5.41) is 11.7. The van der Waals surface area contributed by atoms with E-state index in [1.165, 1.54) is 13.0 Å². The second-order valence-electron chi connectivity index (χ2n) is 4.69. The van der Waals surface area contributed by atoms with Crippen molar-refractivity contribution in [3.63, 3.8) is 0 Å². The molecule has 1 aromatic heterocycles. The number of benzene rings is 2. The topological polar surface area (TPSA) is 73.3 Å². The Labute approximate surface area is 119 Å². The van der Waals surface area contributed by atoms with E-state index in [2.05, 4.69) is 0 Å². The van der Waals surface area contributed by atoms with Crippen molar-refractivity contribution in [1.29, 1.82) is 0 Å². The highest BCUT2D eigenvalue weighted by Crippen LogP contribution is 2.23. The Morgan fingerprint density at radius 1 is 1.14 bits per heavy atom. The molecule has 0 aliphatic carbocycles. The van der Waals surface area contributed by atoms with Gasteiger partial charge in [-0.2, -0.15) is 0 Å². The summed E-state index contributed by atoms with van der Waals surface area (Å²) in [6.07, 6.45) is 1.40. The van der Waals surface area contributed by atoms with E-state index in [4.69, 9.17) is 4.42 Å². The molecule has 21 heavy (non-hydrogen) atoms. The van der Waals surface area contributed by atoms with Gasteiger partial charge in [-0.3, -0.25) is 14.9 Å². The van der Waals surface area contributed by atoms with E-state index in [1.54, 1.807) is 42.5 Å². The first-order valence-corrected chi connectivity index (χ1v) is 6.35. The highest BCUT2D eigenvalue weighted by Gasteiger charge is 2.11. The molecule has 0 saturated carbocycles. The second-order valence-corrected chi connectivity index (χ2v) is 4.69. The zero-order valence-electron chi connectivity index (χ0n) is 11.2. The summed E-state index contributed by atoms with van der Waals surface area (Å²) >= 11 is 0. The number of rotatable bonds is 2. The van der Waals surface area contributed by atoms with Crippen molar-refractivity contribution in [2.24, 2.45) is 0 Å². The summed E-state index contributed by atoms with van der Waals surface area (Å²) in [5.74, 6) is 0. The largest absolute Gasteiger partial charge is 0.455 e. The molecule has 0 aliphatic heterocycles. The molecule has 0 unspecified atom stereocenters. The van der Waals surface area contributed by atoms with Crippen LogP contribution in [0.5, 0.6) is 0 Å². The van der Waals surface area contributed by atoms with Crippen LogP contribution in [0.3, 0.4) is 0 Å². The van der Waals surface area contributed by atoms with Gasteiger partial charge in [-0.1, -0.05) is 24.3 Å². The summed E-state index contributed by atoms with van der Waals surface area (Å²) < 4.78 is 5.77. The minimum absolute atomic E-state index is 0.0155. The van der Waals surface area contributed by atoms with Gasteiger partial charge in [0, 0.05) is 18.6 Å². The van der Waals surface area contributed by atoms with Crippen molar-refractivity contribution in [2.45, 2.75) is 6.92 Å². The molecule has 0 saturated heterocycles. The number of allylic oxidation sites excluding steroid dienone is 1. The van der Waals surface area contributed by atoms with Gasteiger partial charge in [-0.25, -0.2) is 0 Å². The molecule has 0 amide bonds. The molecule has 3 rings (SSSR count). The molecule has 0 atom stereocenters. The van der Waals surface area contributed by atoms with Crippen molar-refractivity contribution in [2.75, 3.05) is 0 Å². The lowest BCUT2D eigenvalue weighted by Crippen LogP contribution is -2.02. The molecule has 5 nitrogen and oxygen atoms in total. The molecular weight excluding hydrogens is 270 g/mol. The van der Waals surface area contributed by atoms with Gasteiger partial charge in [-0.15, -0.1) is 0 Å². The van der Waals surface area contributed by atoms with Crippen molar-refractivity contribution in [3.8, 4) is 0 Å². The molecular formula is C16H11NO4. The number of hydrogen-bond acceptors (Lipinski definition) is 4. The van der Waals surface area contributed by atoms with Crippen LogP contribution in [-0.2, 0) is 0 Å². The molecule has 0 bridgehead atoms. The average Bonchev–Trinajstić information content (AvgIpc) is 2.48. The molecule has 104 valence electrons. The Morgan fingerprint density at radius 2 is 1.86 bits per heavy atom. The minimum Gasteiger partial charge on any atom is -0.455 e. The molecule has 3 aromatic rings. The number of para-hydroxylation sites is 2. The van der Waals surface area contributed by atoms with Gasteiger partial charge in [0.25, 0.3) is 0 Å². The monoisotopic (exact) mass is 281 g/mol. The predicted octanol–water partition coefficient (Wildman–Crippen LogP) is 3.58. The third-order valence-electron chi connectivity index (χ3n) is 3.29. The van der Waals surface area contributed by atoms with Gasteiger partial charge >= 0.3 is 0 Å². The second kappa shape index (κ2) is 4.86. The Hall–Kier alpha value is -2.95.